The highest BCUT2D eigenvalue weighted by atomic mass is 35.5. The molecule has 0 bridgehead atoms. The number of nitrogens with zero attached hydrogens (tertiary/aromatic N) is 2. The van der Waals surface area contributed by atoms with Crippen molar-refractivity contribution in [2.75, 3.05) is 45.3 Å². The summed E-state index contributed by atoms with van der Waals surface area (Å²) in [5.74, 6) is 0.214. The zero-order valence-corrected chi connectivity index (χ0v) is 26.4. The largest absolute Gasteiger partial charge is 0.491 e. The van der Waals surface area contributed by atoms with Gasteiger partial charge in [0.05, 0.1) is 18.4 Å². The number of carbonyl (C=O) groups excluding carboxylic acids is 1. The summed E-state index contributed by atoms with van der Waals surface area (Å²) in [6, 6.07) is 11.3. The van der Waals surface area contributed by atoms with E-state index in [0.717, 1.165) is 49.4 Å². The number of aliphatic hydroxyl groups excluding tert-OH is 1. The Kier molecular flexibility index (Phi) is 11.5. The number of anilines is 1. The van der Waals surface area contributed by atoms with Gasteiger partial charge in [-0.1, -0.05) is 49.2 Å². The molecule has 2 aromatic carbocycles. The molecular weight excluding hydrogens is 568 g/mol. The van der Waals surface area contributed by atoms with Gasteiger partial charge in [-0.05, 0) is 78.5 Å². The van der Waals surface area contributed by atoms with Crippen molar-refractivity contribution in [2.45, 2.75) is 64.1 Å². The van der Waals surface area contributed by atoms with Crippen molar-refractivity contribution in [3.63, 3.8) is 0 Å². The molecule has 0 aromatic heterocycles. The first-order valence-electron chi connectivity index (χ1n) is 15.2. The van der Waals surface area contributed by atoms with Gasteiger partial charge in [0, 0.05) is 51.7 Å². The average Bonchev–Trinajstić information content (AvgIpc) is 3.15. The number of benzene rings is 2. The van der Waals surface area contributed by atoms with Crippen LogP contribution in [0.3, 0.4) is 0 Å². The van der Waals surface area contributed by atoms with E-state index in [-0.39, 0.29) is 17.9 Å². The highest BCUT2D eigenvalue weighted by molar-refractivity contribution is 6.30. The number of aryl methyl sites for hydroxylation is 1. The number of aliphatic hydroxyl groups is 1. The van der Waals surface area contributed by atoms with E-state index < -0.39 is 12.1 Å². The third-order valence-corrected chi connectivity index (χ3v) is 9.17. The molecule has 0 saturated heterocycles. The molecule has 0 radical (unpaired) electrons. The zero-order chi connectivity index (χ0) is 31.1. The molecule has 2 N–H and O–H groups in total. The molecule has 1 aliphatic carbocycles. The fourth-order valence-electron chi connectivity index (χ4n) is 6.23. The molecule has 9 heteroatoms. The van der Waals surface area contributed by atoms with E-state index >= 15 is 0 Å². The maximum atomic E-state index is 11.6. The van der Waals surface area contributed by atoms with E-state index in [4.69, 9.17) is 21.1 Å². The first kappa shape index (κ1) is 32.8. The first-order valence-corrected chi connectivity index (χ1v) is 15.6. The van der Waals surface area contributed by atoms with E-state index in [0.29, 0.717) is 42.8 Å². The summed E-state index contributed by atoms with van der Waals surface area (Å²) in [6.07, 6.45) is 7.38. The highest BCUT2D eigenvalue weighted by Gasteiger charge is 2.39. The predicted octanol–water partition coefficient (Wildman–Crippen LogP) is 5.86. The lowest BCUT2D eigenvalue weighted by Gasteiger charge is -2.43. The van der Waals surface area contributed by atoms with Gasteiger partial charge in [0.15, 0.2) is 6.10 Å². The van der Waals surface area contributed by atoms with Gasteiger partial charge in [-0.15, -0.1) is 0 Å². The lowest BCUT2D eigenvalue weighted by Crippen LogP contribution is -2.44. The number of carboxylic acid groups (broad SMARTS) is 1. The quantitative estimate of drug-likeness (QED) is 0.273. The molecule has 2 aliphatic rings. The van der Waals surface area contributed by atoms with E-state index in [2.05, 4.69) is 36.1 Å². The number of methoxy groups -OCH3 is 1. The molecule has 8 nitrogen and oxygen atoms in total. The molecule has 1 saturated carbocycles. The Balaban J connectivity index is 1.59. The Morgan fingerprint density at radius 1 is 1.23 bits per heavy atom. The molecule has 1 amide bonds. The number of carboxylic acids is 1. The summed E-state index contributed by atoms with van der Waals surface area (Å²) in [4.78, 5) is 27.1. The fourth-order valence-corrected chi connectivity index (χ4v) is 6.43. The lowest BCUT2D eigenvalue weighted by atomic mass is 9.70. The number of aliphatic carboxylic acids is 1. The predicted molar refractivity (Wildman–Crippen MR) is 169 cm³/mol. The normalized spacial score (nSPS) is 21.3. The summed E-state index contributed by atoms with van der Waals surface area (Å²) in [5, 5.41) is 20.5. The number of carbonyl (C=O) groups is 2. The molecule has 5 atom stereocenters. The summed E-state index contributed by atoms with van der Waals surface area (Å²) < 4.78 is 12.3. The van der Waals surface area contributed by atoms with Crippen molar-refractivity contribution >= 4 is 29.2 Å². The van der Waals surface area contributed by atoms with Crippen LogP contribution >= 0.6 is 11.6 Å². The molecule has 2 aromatic rings. The van der Waals surface area contributed by atoms with Crippen LogP contribution in [0.2, 0.25) is 5.02 Å². The van der Waals surface area contributed by atoms with Crippen LogP contribution in [0, 0.1) is 11.8 Å². The standard InChI is InChI=1S/C34H45ClN2O6/c1-5-8-23-17-27(35)12-14-28(23)26-20-37(30-18-24(33(39)34(40)41)11-15-32(30)43-21-26)19-25-10-13-29(25)31(42-4)9-6-7-16-36(3)22(2)38/h6,9,11-12,14-15,17-18,25-26,29,31,33,39H,5,7-8,10,13,16,19-21H2,1-4H3,(H,40,41)/b9-6+. The van der Waals surface area contributed by atoms with Crippen LogP contribution in [0.25, 0.3) is 0 Å². The lowest BCUT2D eigenvalue weighted by molar-refractivity contribution is -0.147. The summed E-state index contributed by atoms with van der Waals surface area (Å²) >= 11 is 6.38. The van der Waals surface area contributed by atoms with Crippen LogP contribution in [0.15, 0.2) is 48.6 Å². The van der Waals surface area contributed by atoms with Crippen molar-refractivity contribution in [1.82, 2.24) is 4.90 Å². The van der Waals surface area contributed by atoms with Gasteiger partial charge >= 0.3 is 5.97 Å². The summed E-state index contributed by atoms with van der Waals surface area (Å²) in [7, 11) is 3.55. The van der Waals surface area contributed by atoms with Crippen molar-refractivity contribution in [2.24, 2.45) is 11.8 Å². The third kappa shape index (κ3) is 8.11. The number of rotatable bonds is 13. The van der Waals surface area contributed by atoms with Gasteiger partial charge < -0.3 is 29.5 Å². The number of ether oxygens (including phenoxy) is 2. The van der Waals surface area contributed by atoms with Crippen molar-refractivity contribution in [1.29, 1.82) is 0 Å². The van der Waals surface area contributed by atoms with E-state index in [1.54, 1.807) is 44.2 Å². The van der Waals surface area contributed by atoms with Gasteiger partial charge in [-0.25, -0.2) is 4.79 Å². The fraction of sp³-hybridized carbons (Fsp3) is 0.529. The Morgan fingerprint density at radius 2 is 2.02 bits per heavy atom. The van der Waals surface area contributed by atoms with Gasteiger partial charge in [0.2, 0.25) is 5.91 Å². The number of halogens is 1. The second-order valence-electron chi connectivity index (χ2n) is 11.8. The molecule has 1 heterocycles. The first-order chi connectivity index (χ1) is 20.6. The summed E-state index contributed by atoms with van der Waals surface area (Å²) in [5.41, 5.74) is 3.56. The van der Waals surface area contributed by atoms with E-state index in [1.165, 1.54) is 11.1 Å². The van der Waals surface area contributed by atoms with E-state index in [9.17, 15) is 19.8 Å². The number of fused-ring (bicyclic) bond motifs is 1. The van der Waals surface area contributed by atoms with Gasteiger partial charge in [0.25, 0.3) is 0 Å². The molecule has 43 heavy (non-hydrogen) atoms. The molecule has 234 valence electrons. The van der Waals surface area contributed by atoms with Gasteiger partial charge in [-0.2, -0.15) is 0 Å². The topological polar surface area (TPSA) is 99.5 Å². The molecule has 1 aliphatic heterocycles. The Morgan fingerprint density at radius 3 is 2.67 bits per heavy atom. The van der Waals surface area contributed by atoms with Crippen LogP contribution in [0.1, 0.15) is 68.2 Å². The minimum atomic E-state index is -1.61. The van der Waals surface area contributed by atoms with Crippen molar-refractivity contribution < 1.29 is 29.3 Å². The van der Waals surface area contributed by atoms with Crippen LogP contribution in [-0.4, -0.2) is 73.5 Å². The molecule has 4 rings (SSSR count). The smallest absolute Gasteiger partial charge is 0.337 e. The maximum Gasteiger partial charge on any atom is 0.337 e. The Hall–Kier alpha value is -3.07. The molecule has 0 spiro atoms. The SMILES string of the molecule is CCCc1cc(Cl)ccc1C1COc2ccc(C(O)C(=O)O)cc2N(CC2CCC2C(/C=C/CCN(C)C(C)=O)OC)C1. The zero-order valence-electron chi connectivity index (χ0n) is 25.7. The van der Waals surface area contributed by atoms with E-state index in [1.807, 2.05) is 6.07 Å². The van der Waals surface area contributed by atoms with Crippen LogP contribution < -0.4 is 9.64 Å². The molecule has 5 unspecified atom stereocenters. The summed E-state index contributed by atoms with van der Waals surface area (Å²) in [6.45, 7) is 6.31. The number of hydrogen-bond donors (Lipinski definition) is 2. The maximum absolute atomic E-state index is 11.6. The number of hydrogen-bond acceptors (Lipinski definition) is 6. The van der Waals surface area contributed by atoms with Gasteiger partial charge in [0.1, 0.15) is 5.75 Å². The van der Waals surface area contributed by atoms with Crippen molar-refractivity contribution in [3.05, 3.63) is 70.3 Å². The Bertz CT molecular complexity index is 1300. The van der Waals surface area contributed by atoms with Crippen LogP contribution in [0.5, 0.6) is 5.75 Å². The molecule has 1 fully saturated rings. The molecular formula is C34H45ClN2O6. The van der Waals surface area contributed by atoms with Gasteiger partial charge in [-0.3, -0.25) is 4.79 Å². The second-order valence-corrected chi connectivity index (χ2v) is 12.3. The van der Waals surface area contributed by atoms with Crippen molar-refractivity contribution in [3.8, 4) is 5.75 Å². The second kappa shape index (κ2) is 15.1. The highest BCUT2D eigenvalue weighted by Crippen LogP contribution is 2.43. The number of amides is 1. The minimum Gasteiger partial charge on any atom is -0.491 e. The van der Waals surface area contributed by atoms with Crippen LogP contribution in [0.4, 0.5) is 5.69 Å². The monoisotopic (exact) mass is 612 g/mol. The third-order valence-electron chi connectivity index (χ3n) is 8.94. The average molecular weight is 613 g/mol. The van der Waals surface area contributed by atoms with Crippen LogP contribution in [-0.2, 0) is 20.7 Å². The minimum absolute atomic E-state index is 0.0348. The Labute approximate surface area is 260 Å².